The number of rotatable bonds is 6. The first-order valence-corrected chi connectivity index (χ1v) is 6.15. The second-order valence-electron chi connectivity index (χ2n) is 5.02. The topological polar surface area (TPSA) is 41.5 Å². The molecule has 0 heterocycles. The number of ether oxygens (including phenoxy) is 1. The average molecular weight is 235 g/mol. The van der Waals surface area contributed by atoms with Crippen LogP contribution in [0.5, 0.6) is 0 Å². The minimum absolute atomic E-state index is 0.111. The van der Waals surface area contributed by atoms with Gasteiger partial charge in [-0.2, -0.15) is 0 Å². The van der Waals surface area contributed by atoms with Crippen LogP contribution in [0.4, 0.5) is 5.69 Å². The fraction of sp³-hybridized carbons (Fsp3) is 0.571. The third-order valence-corrected chi connectivity index (χ3v) is 3.45. The van der Waals surface area contributed by atoms with Gasteiger partial charge in [-0.25, -0.2) is 0 Å². The molecule has 1 saturated carbocycles. The molecular formula is C14H21NO2. The van der Waals surface area contributed by atoms with Gasteiger partial charge in [-0.3, -0.25) is 0 Å². The number of aliphatic hydroxyl groups excluding tert-OH is 1. The molecule has 1 aliphatic carbocycles. The van der Waals surface area contributed by atoms with Crippen LogP contribution in [0.15, 0.2) is 24.3 Å². The summed E-state index contributed by atoms with van der Waals surface area (Å²) in [5.74, 6) is 0.521. The van der Waals surface area contributed by atoms with Crippen LogP contribution < -0.4 is 5.32 Å². The zero-order chi connectivity index (χ0) is 12.3. The molecule has 94 valence electrons. The van der Waals surface area contributed by atoms with Crippen molar-refractivity contribution in [3.8, 4) is 0 Å². The Bertz CT molecular complexity index is 376. The number of aryl methyl sites for hydroxylation is 1. The van der Waals surface area contributed by atoms with Crippen LogP contribution in [0, 0.1) is 12.8 Å². The summed E-state index contributed by atoms with van der Waals surface area (Å²) in [5, 5.41) is 13.2. The van der Waals surface area contributed by atoms with E-state index in [1.165, 1.54) is 18.4 Å². The molecule has 1 atom stereocenters. The average Bonchev–Trinajstić information content (AvgIpc) is 3.12. The molecule has 0 radical (unpaired) electrons. The number of nitrogens with one attached hydrogen (secondary N) is 1. The smallest absolute Gasteiger partial charge is 0.0865 e. The highest BCUT2D eigenvalue weighted by atomic mass is 16.5. The lowest BCUT2D eigenvalue weighted by molar-refractivity contribution is 0.0862. The first-order valence-electron chi connectivity index (χ1n) is 6.15. The van der Waals surface area contributed by atoms with Gasteiger partial charge in [-0.1, -0.05) is 12.1 Å². The van der Waals surface area contributed by atoms with Gasteiger partial charge in [-0.05, 0) is 43.4 Å². The van der Waals surface area contributed by atoms with Crippen molar-refractivity contribution < 1.29 is 9.84 Å². The Kier molecular flexibility index (Phi) is 3.69. The molecule has 1 aliphatic rings. The van der Waals surface area contributed by atoms with E-state index in [2.05, 4.69) is 24.4 Å². The molecule has 1 aromatic rings. The highest BCUT2D eigenvalue weighted by Crippen LogP contribution is 2.41. The molecule has 1 unspecified atom stereocenters. The van der Waals surface area contributed by atoms with Crippen molar-refractivity contribution in [3.05, 3.63) is 29.8 Å². The molecule has 1 aromatic carbocycles. The van der Waals surface area contributed by atoms with Crippen LogP contribution in [0.2, 0.25) is 0 Å². The number of aliphatic hydroxyl groups is 1. The van der Waals surface area contributed by atoms with Gasteiger partial charge in [0.25, 0.3) is 0 Å². The lowest BCUT2D eigenvalue weighted by Gasteiger charge is -2.33. The number of methoxy groups -OCH3 is 1. The summed E-state index contributed by atoms with van der Waals surface area (Å²) in [4.78, 5) is 0. The minimum Gasteiger partial charge on any atom is -0.394 e. The third-order valence-electron chi connectivity index (χ3n) is 3.45. The number of hydrogen-bond donors (Lipinski definition) is 2. The Hall–Kier alpha value is -1.06. The van der Waals surface area contributed by atoms with Gasteiger partial charge in [0.1, 0.15) is 0 Å². The zero-order valence-electron chi connectivity index (χ0n) is 10.6. The lowest BCUT2D eigenvalue weighted by Crippen LogP contribution is -2.48. The van der Waals surface area contributed by atoms with E-state index in [4.69, 9.17) is 4.74 Å². The monoisotopic (exact) mass is 235 g/mol. The van der Waals surface area contributed by atoms with Crippen molar-refractivity contribution in [2.45, 2.75) is 25.3 Å². The van der Waals surface area contributed by atoms with Crippen molar-refractivity contribution in [2.24, 2.45) is 5.92 Å². The summed E-state index contributed by atoms with van der Waals surface area (Å²) in [5.41, 5.74) is 1.96. The Morgan fingerprint density at radius 1 is 1.47 bits per heavy atom. The van der Waals surface area contributed by atoms with Crippen LogP contribution in [0.1, 0.15) is 18.4 Å². The van der Waals surface area contributed by atoms with Crippen molar-refractivity contribution in [1.82, 2.24) is 0 Å². The third kappa shape index (κ3) is 2.79. The van der Waals surface area contributed by atoms with E-state index in [1.54, 1.807) is 7.11 Å². The summed E-state index contributed by atoms with van der Waals surface area (Å²) < 4.78 is 5.28. The van der Waals surface area contributed by atoms with Crippen molar-refractivity contribution in [3.63, 3.8) is 0 Å². The van der Waals surface area contributed by atoms with Crippen LogP contribution in [-0.4, -0.2) is 31.0 Å². The standard InChI is InChI=1S/C14H21NO2/c1-11-4-3-5-13(8-11)15-14(9-16,10-17-2)12-6-7-12/h3-5,8,12,15-16H,6-7,9-10H2,1-2H3. The normalized spacial score (nSPS) is 18.8. The van der Waals surface area contributed by atoms with Crippen molar-refractivity contribution in [1.29, 1.82) is 0 Å². The fourth-order valence-corrected chi connectivity index (χ4v) is 2.37. The summed E-state index contributed by atoms with van der Waals surface area (Å²) in [6, 6.07) is 8.23. The summed E-state index contributed by atoms with van der Waals surface area (Å²) in [6.07, 6.45) is 2.34. The van der Waals surface area contributed by atoms with E-state index < -0.39 is 0 Å². The molecule has 0 amide bonds. The highest BCUT2D eigenvalue weighted by molar-refractivity contribution is 5.48. The van der Waals surface area contributed by atoms with Gasteiger partial charge in [0.2, 0.25) is 0 Å². The predicted octanol–water partition coefficient (Wildman–Crippen LogP) is 2.19. The van der Waals surface area contributed by atoms with Gasteiger partial charge in [0.15, 0.2) is 0 Å². The quantitative estimate of drug-likeness (QED) is 0.794. The Balaban J connectivity index is 2.16. The van der Waals surface area contributed by atoms with Crippen LogP contribution in [-0.2, 0) is 4.74 Å². The molecule has 1 fully saturated rings. The van der Waals surface area contributed by atoms with E-state index in [0.29, 0.717) is 12.5 Å². The molecule has 2 rings (SSSR count). The molecule has 17 heavy (non-hydrogen) atoms. The molecule has 0 aliphatic heterocycles. The molecule has 0 saturated heterocycles. The molecule has 3 nitrogen and oxygen atoms in total. The van der Waals surface area contributed by atoms with E-state index in [0.717, 1.165) is 5.69 Å². The molecule has 0 aromatic heterocycles. The maximum atomic E-state index is 9.71. The zero-order valence-corrected chi connectivity index (χ0v) is 10.6. The van der Waals surface area contributed by atoms with Crippen LogP contribution >= 0.6 is 0 Å². The maximum absolute atomic E-state index is 9.71. The Morgan fingerprint density at radius 2 is 2.24 bits per heavy atom. The van der Waals surface area contributed by atoms with Gasteiger partial charge in [-0.15, -0.1) is 0 Å². The SMILES string of the molecule is COCC(CO)(Nc1cccc(C)c1)C1CC1. The number of hydrogen-bond acceptors (Lipinski definition) is 3. The number of benzene rings is 1. The summed E-state index contributed by atoms with van der Waals surface area (Å²) in [7, 11) is 1.69. The van der Waals surface area contributed by atoms with E-state index >= 15 is 0 Å². The minimum atomic E-state index is -0.317. The molecule has 2 N–H and O–H groups in total. The second-order valence-corrected chi connectivity index (χ2v) is 5.02. The summed E-state index contributed by atoms with van der Waals surface area (Å²) in [6.45, 7) is 2.72. The number of anilines is 1. The van der Waals surface area contributed by atoms with E-state index in [1.807, 2.05) is 12.1 Å². The first kappa shape index (κ1) is 12.4. The first-order chi connectivity index (χ1) is 8.20. The lowest BCUT2D eigenvalue weighted by atomic mass is 9.94. The predicted molar refractivity (Wildman–Crippen MR) is 69.2 cm³/mol. The second kappa shape index (κ2) is 5.07. The van der Waals surface area contributed by atoms with E-state index in [9.17, 15) is 5.11 Å². The van der Waals surface area contributed by atoms with Crippen LogP contribution in [0.25, 0.3) is 0 Å². The molecular weight excluding hydrogens is 214 g/mol. The van der Waals surface area contributed by atoms with Gasteiger partial charge in [0, 0.05) is 12.8 Å². The molecule has 3 heteroatoms. The van der Waals surface area contributed by atoms with Crippen LogP contribution in [0.3, 0.4) is 0 Å². The largest absolute Gasteiger partial charge is 0.394 e. The van der Waals surface area contributed by atoms with Gasteiger partial charge in [0.05, 0.1) is 18.8 Å². The van der Waals surface area contributed by atoms with Crippen molar-refractivity contribution >= 4 is 5.69 Å². The highest BCUT2D eigenvalue weighted by Gasteiger charge is 2.45. The fourth-order valence-electron chi connectivity index (χ4n) is 2.37. The Labute approximate surface area is 103 Å². The van der Waals surface area contributed by atoms with Gasteiger partial charge >= 0.3 is 0 Å². The maximum Gasteiger partial charge on any atom is 0.0865 e. The molecule has 0 bridgehead atoms. The van der Waals surface area contributed by atoms with Crippen molar-refractivity contribution in [2.75, 3.05) is 25.6 Å². The summed E-state index contributed by atoms with van der Waals surface area (Å²) >= 11 is 0. The van der Waals surface area contributed by atoms with Gasteiger partial charge < -0.3 is 15.2 Å². The van der Waals surface area contributed by atoms with E-state index in [-0.39, 0.29) is 12.1 Å². The molecule has 0 spiro atoms. The Morgan fingerprint density at radius 3 is 2.76 bits per heavy atom.